The number of benzene rings is 9. The fourth-order valence-corrected chi connectivity index (χ4v) is 12.5. The van der Waals surface area contributed by atoms with Crippen LogP contribution in [0.15, 0.2) is 176 Å². The van der Waals surface area contributed by atoms with Crippen molar-refractivity contribution in [1.82, 2.24) is 9.13 Å². The summed E-state index contributed by atoms with van der Waals surface area (Å²) in [4.78, 5) is 4.28. The highest BCUT2D eigenvalue weighted by atomic mass is 19.4. The van der Waals surface area contributed by atoms with Gasteiger partial charge in [-0.3, -0.25) is 0 Å². The summed E-state index contributed by atoms with van der Waals surface area (Å²) in [6.07, 6.45) is -4.48. The largest absolute Gasteiger partial charge is 0.416 e. The Morgan fingerprint density at radius 1 is 0.464 bits per heavy atom. The Bertz CT molecular complexity index is 4090. The molecule has 0 saturated carbocycles. The number of alkyl halides is 3. The van der Waals surface area contributed by atoms with Crippen LogP contribution >= 0.6 is 0 Å². The molecule has 3 nitrogen and oxygen atoms in total. The molecule has 0 saturated heterocycles. The maximum Gasteiger partial charge on any atom is 0.416 e. The first-order valence-electron chi connectivity index (χ1n) is 23.5. The maximum atomic E-state index is 14.1. The lowest BCUT2D eigenvalue weighted by Crippen LogP contribution is -2.15. The molecule has 0 fully saturated rings. The van der Waals surface area contributed by atoms with Gasteiger partial charge in [0.25, 0.3) is 0 Å². The summed E-state index contributed by atoms with van der Waals surface area (Å²) < 4.78 is 47.0. The average Bonchev–Trinajstić information content (AvgIpc) is 4.02. The van der Waals surface area contributed by atoms with Crippen molar-refractivity contribution in [3.8, 4) is 55.9 Å². The molecule has 0 N–H and O–H groups in total. The first-order valence-corrected chi connectivity index (χ1v) is 23.5. The van der Waals surface area contributed by atoms with E-state index in [4.69, 9.17) is 6.57 Å². The monoisotopic (exact) mass is 899 g/mol. The number of aryl methyl sites for hydroxylation is 1. The number of fused-ring (bicyclic) bond motifs is 14. The molecule has 11 aromatic rings. The smallest absolute Gasteiger partial charge is 0.310 e. The lowest BCUT2D eigenvalue weighted by atomic mass is 9.80. The third-order valence-electron chi connectivity index (χ3n) is 15.5. The van der Waals surface area contributed by atoms with Crippen molar-refractivity contribution < 1.29 is 13.2 Å². The van der Waals surface area contributed by atoms with Gasteiger partial charge in [-0.15, -0.1) is 0 Å². The summed E-state index contributed by atoms with van der Waals surface area (Å²) in [6, 6.07) is 59.6. The van der Waals surface area contributed by atoms with Crippen molar-refractivity contribution in [3.63, 3.8) is 0 Å². The third-order valence-corrected chi connectivity index (χ3v) is 15.5. The molecule has 0 unspecified atom stereocenters. The fraction of sp³-hybridized carbons (Fsp3) is 0.127. The SMILES string of the molecule is [C-]#[N+]c1cccc(-n2c3ccccc3c3c4c(ccc32)-c2ccccc2C4(C)C)c1-c1cc(-c2ccc(C(F)(F)F)cc2C)ccc1-n1c2ccccc2c2c3c(ccc21)-c1ccccc1C3(C)C. The highest BCUT2D eigenvalue weighted by molar-refractivity contribution is 6.17. The lowest BCUT2D eigenvalue weighted by molar-refractivity contribution is -0.137. The van der Waals surface area contributed by atoms with E-state index in [1.54, 1.807) is 13.0 Å². The molecule has 9 aromatic carbocycles. The van der Waals surface area contributed by atoms with E-state index in [2.05, 4.69) is 181 Å². The van der Waals surface area contributed by atoms with E-state index in [9.17, 15) is 13.2 Å². The zero-order valence-electron chi connectivity index (χ0n) is 38.7. The van der Waals surface area contributed by atoms with Crippen molar-refractivity contribution in [2.45, 2.75) is 51.6 Å². The Labute approximate surface area is 398 Å². The Hall–Kier alpha value is -8.14. The van der Waals surface area contributed by atoms with E-state index in [-0.39, 0.29) is 10.8 Å². The second kappa shape index (κ2) is 14.2. The first-order chi connectivity index (χ1) is 33.3. The minimum absolute atomic E-state index is 0.282. The molecule has 13 rings (SSSR count). The number of hydrogen-bond donors (Lipinski definition) is 0. The molecule has 6 heteroatoms. The number of para-hydroxylation sites is 2. The van der Waals surface area contributed by atoms with E-state index in [1.165, 1.54) is 61.3 Å². The van der Waals surface area contributed by atoms with Gasteiger partial charge in [0.2, 0.25) is 0 Å². The maximum absolute atomic E-state index is 14.1. The zero-order valence-corrected chi connectivity index (χ0v) is 38.7. The van der Waals surface area contributed by atoms with Crippen molar-refractivity contribution in [2.75, 3.05) is 0 Å². The summed E-state index contributed by atoms with van der Waals surface area (Å²) in [5.41, 5.74) is 18.6. The van der Waals surface area contributed by atoms with Gasteiger partial charge >= 0.3 is 6.18 Å². The molecule has 0 atom stereocenters. The van der Waals surface area contributed by atoms with Gasteiger partial charge < -0.3 is 9.13 Å². The van der Waals surface area contributed by atoms with E-state index < -0.39 is 11.7 Å². The predicted molar refractivity (Wildman–Crippen MR) is 277 cm³/mol. The third kappa shape index (κ3) is 5.56. The van der Waals surface area contributed by atoms with Crippen LogP contribution in [-0.2, 0) is 17.0 Å². The van der Waals surface area contributed by atoms with Crippen LogP contribution in [0.5, 0.6) is 0 Å². The van der Waals surface area contributed by atoms with Gasteiger partial charge in [-0.1, -0.05) is 149 Å². The van der Waals surface area contributed by atoms with Crippen LogP contribution in [0.1, 0.15) is 61.1 Å². The molecule has 2 heterocycles. The summed E-state index contributed by atoms with van der Waals surface area (Å²) >= 11 is 0. The van der Waals surface area contributed by atoms with Gasteiger partial charge in [-0.25, -0.2) is 4.85 Å². The van der Waals surface area contributed by atoms with Crippen LogP contribution in [0.3, 0.4) is 0 Å². The topological polar surface area (TPSA) is 14.2 Å². The van der Waals surface area contributed by atoms with Gasteiger partial charge in [0, 0.05) is 43.6 Å². The second-order valence-corrected chi connectivity index (χ2v) is 19.9. The lowest BCUT2D eigenvalue weighted by Gasteiger charge is -2.23. The molecular formula is C63H44F3N3. The number of hydrogen-bond acceptors (Lipinski definition) is 0. The van der Waals surface area contributed by atoms with Crippen LogP contribution in [-0.4, -0.2) is 9.13 Å². The molecule has 2 aliphatic rings. The Kier molecular flexibility index (Phi) is 8.45. The fourth-order valence-electron chi connectivity index (χ4n) is 12.5. The Morgan fingerprint density at radius 3 is 1.54 bits per heavy atom. The minimum atomic E-state index is -4.48. The molecule has 69 heavy (non-hydrogen) atoms. The number of halogens is 3. The van der Waals surface area contributed by atoms with Gasteiger partial charge in [0.15, 0.2) is 5.69 Å². The molecular weight excluding hydrogens is 856 g/mol. The van der Waals surface area contributed by atoms with E-state index in [0.29, 0.717) is 16.8 Å². The Balaban J connectivity index is 1.15. The van der Waals surface area contributed by atoms with Crippen molar-refractivity contribution in [2.24, 2.45) is 0 Å². The molecule has 0 radical (unpaired) electrons. The minimum Gasteiger partial charge on any atom is -0.310 e. The number of nitrogens with zero attached hydrogens (tertiary/aromatic N) is 3. The molecule has 2 aliphatic carbocycles. The van der Waals surface area contributed by atoms with Crippen molar-refractivity contribution in [3.05, 3.63) is 221 Å². The molecule has 2 aromatic heterocycles. The molecule has 0 aliphatic heterocycles. The molecule has 0 amide bonds. The molecule has 0 bridgehead atoms. The summed E-state index contributed by atoms with van der Waals surface area (Å²) in [7, 11) is 0. The molecule has 332 valence electrons. The molecule has 0 spiro atoms. The highest BCUT2D eigenvalue weighted by Gasteiger charge is 2.40. The van der Waals surface area contributed by atoms with E-state index in [1.807, 2.05) is 18.2 Å². The zero-order chi connectivity index (χ0) is 47.3. The second-order valence-electron chi connectivity index (χ2n) is 19.9. The van der Waals surface area contributed by atoms with Crippen molar-refractivity contribution >= 4 is 49.3 Å². The number of rotatable bonds is 4. The number of aromatic nitrogens is 2. The standard InChI is InChI=1S/C63H44F3N3/c1-36-34-38(63(64,65)66)27-28-39(36)37-26-31-52(68-50-23-13-9-18-44(50)57-54(68)32-29-42-40-16-7-11-20-47(40)61(2,3)59(42)57)46(35-37)56-49(67-6)22-15-25-53(56)69-51-24-14-10-19-45(51)58-55(69)33-30-43-41-17-8-12-21-48(41)62(4,5)60(43)58/h7-35H,1-5H3. The summed E-state index contributed by atoms with van der Waals surface area (Å²) in [5, 5.41) is 4.60. The van der Waals surface area contributed by atoms with Gasteiger partial charge in [-0.2, -0.15) is 13.2 Å². The summed E-state index contributed by atoms with van der Waals surface area (Å²) in [6.45, 7) is 19.8. The first kappa shape index (κ1) is 41.1. The van der Waals surface area contributed by atoms with E-state index >= 15 is 0 Å². The van der Waals surface area contributed by atoms with Crippen LogP contribution in [0, 0.1) is 13.5 Å². The van der Waals surface area contributed by atoms with E-state index in [0.717, 1.165) is 67.0 Å². The van der Waals surface area contributed by atoms with Crippen LogP contribution in [0.2, 0.25) is 0 Å². The highest BCUT2D eigenvalue weighted by Crippen LogP contribution is 2.56. The van der Waals surface area contributed by atoms with Gasteiger partial charge in [0.1, 0.15) is 0 Å². The van der Waals surface area contributed by atoms with Gasteiger partial charge in [-0.05, 0) is 128 Å². The van der Waals surface area contributed by atoms with Crippen LogP contribution < -0.4 is 0 Å². The van der Waals surface area contributed by atoms with Crippen LogP contribution in [0.25, 0.3) is 104 Å². The average molecular weight is 900 g/mol. The Morgan fingerprint density at radius 2 is 0.986 bits per heavy atom. The quantitative estimate of drug-likeness (QED) is 0.156. The van der Waals surface area contributed by atoms with Gasteiger partial charge in [0.05, 0.1) is 39.9 Å². The van der Waals surface area contributed by atoms with Crippen LogP contribution in [0.4, 0.5) is 18.9 Å². The predicted octanol–water partition coefficient (Wildman–Crippen LogP) is 17.7. The van der Waals surface area contributed by atoms with Crippen molar-refractivity contribution in [1.29, 1.82) is 0 Å². The normalized spacial score (nSPS) is 14.3. The summed E-state index contributed by atoms with van der Waals surface area (Å²) in [5.74, 6) is 0.